The van der Waals surface area contributed by atoms with E-state index in [2.05, 4.69) is 52.2 Å². The average molecular weight is 436 g/mol. The van der Waals surface area contributed by atoms with Crippen LogP contribution in [0.25, 0.3) is 0 Å². The van der Waals surface area contributed by atoms with Crippen LogP contribution in [0.15, 0.2) is 12.2 Å². The van der Waals surface area contributed by atoms with Gasteiger partial charge in [0.1, 0.15) is 5.78 Å². The van der Waals surface area contributed by atoms with Crippen LogP contribution in [-0.4, -0.2) is 11.7 Å². The Kier molecular flexibility index (Phi) is 10.5. The van der Waals surface area contributed by atoms with Gasteiger partial charge >= 0.3 is 0 Å². The molecule has 4 heteroatoms. The van der Waals surface area contributed by atoms with E-state index in [9.17, 15) is 9.59 Å². The molecule has 1 fully saturated rings. The first kappa shape index (κ1) is 26.0. The molecule has 2 aliphatic rings. The molecule has 0 heterocycles. The number of fused-ring (bicyclic) bond motifs is 2. The van der Waals surface area contributed by atoms with Gasteiger partial charge in [0, 0.05) is 44.5 Å². The first-order chi connectivity index (χ1) is 11.3. The SMILES string of the molecule is [CH2-]C(CC(C)(C)C)C(=O)C(C)(C)C.[CH2-]NC(=O)CC1CC2C=CC1C2.[Y]. The third kappa shape index (κ3) is 8.78. The number of hydrogen-bond acceptors (Lipinski definition) is 2. The fourth-order valence-electron chi connectivity index (χ4n) is 3.88. The summed E-state index contributed by atoms with van der Waals surface area (Å²) in [5, 5.41) is 2.44. The fraction of sp³-hybridized carbons (Fsp3) is 0.727. The number of amides is 1. The molecule has 0 aromatic carbocycles. The maximum Gasteiger partial charge on any atom is 0.191 e. The van der Waals surface area contributed by atoms with Crippen LogP contribution in [0.4, 0.5) is 0 Å². The molecule has 2 aliphatic carbocycles. The summed E-state index contributed by atoms with van der Waals surface area (Å²) in [5.41, 5.74) is -0.0645. The van der Waals surface area contributed by atoms with E-state index < -0.39 is 0 Å². The third-order valence-corrected chi connectivity index (χ3v) is 5.03. The minimum Gasteiger partial charge on any atom is -0.508 e. The predicted octanol–water partition coefficient (Wildman–Crippen LogP) is 4.98. The van der Waals surface area contributed by atoms with Crippen LogP contribution in [0.3, 0.4) is 0 Å². The quantitative estimate of drug-likeness (QED) is 0.499. The van der Waals surface area contributed by atoms with Crippen molar-refractivity contribution in [1.82, 2.24) is 5.32 Å². The van der Waals surface area contributed by atoms with E-state index >= 15 is 0 Å². The van der Waals surface area contributed by atoms with Gasteiger partial charge in [-0.2, -0.15) is 0 Å². The van der Waals surface area contributed by atoms with Crippen molar-refractivity contribution < 1.29 is 42.3 Å². The summed E-state index contributed by atoms with van der Waals surface area (Å²) >= 11 is 0. The van der Waals surface area contributed by atoms with Crippen molar-refractivity contribution in [2.24, 2.45) is 34.5 Å². The standard InChI is InChI=1S/C12H23O.C10H14NO.Y/c1-9(8-11(2,3)4)10(13)12(5,6)7;1-11-10(12)6-9-5-7-2-3-8(9)4-7;/h9H,1,8H2,2-7H3;2-3,7-9H,1,4-6H2,(H,11,12);/q2*-1;. The Labute approximate surface area is 186 Å². The van der Waals surface area contributed by atoms with E-state index in [1.165, 1.54) is 12.8 Å². The summed E-state index contributed by atoms with van der Waals surface area (Å²) in [6, 6.07) is 0. The zero-order chi connectivity index (χ0) is 19.4. The fourth-order valence-corrected chi connectivity index (χ4v) is 3.88. The summed E-state index contributed by atoms with van der Waals surface area (Å²) in [4.78, 5) is 22.8. The zero-order valence-electron chi connectivity index (χ0n) is 17.6. The van der Waals surface area contributed by atoms with Gasteiger partial charge in [-0.3, -0.25) is 11.8 Å². The molecule has 1 radical (unpaired) electrons. The van der Waals surface area contributed by atoms with Crippen molar-refractivity contribution in [2.45, 2.75) is 67.2 Å². The van der Waals surface area contributed by atoms with Crippen molar-refractivity contribution in [1.29, 1.82) is 0 Å². The van der Waals surface area contributed by atoms with Gasteiger partial charge in [0.05, 0.1) is 0 Å². The zero-order valence-corrected chi connectivity index (χ0v) is 20.4. The monoisotopic (exact) mass is 436 g/mol. The molecule has 0 aliphatic heterocycles. The molecule has 3 nitrogen and oxygen atoms in total. The summed E-state index contributed by atoms with van der Waals surface area (Å²) in [6.07, 6.45) is 8.57. The topological polar surface area (TPSA) is 46.2 Å². The molecule has 2 rings (SSSR count). The van der Waals surface area contributed by atoms with Gasteiger partial charge in [0.2, 0.25) is 0 Å². The van der Waals surface area contributed by atoms with E-state index in [4.69, 9.17) is 0 Å². The van der Waals surface area contributed by atoms with Crippen molar-refractivity contribution in [2.75, 3.05) is 0 Å². The van der Waals surface area contributed by atoms with Gasteiger partial charge in [0.25, 0.3) is 0 Å². The Balaban J connectivity index is 0.000000463. The summed E-state index contributed by atoms with van der Waals surface area (Å²) in [7, 11) is 3.37. The number of Topliss-reactive ketones (excluding diaryl/α,β-unsaturated/α-hetero) is 1. The smallest absolute Gasteiger partial charge is 0.191 e. The van der Waals surface area contributed by atoms with Gasteiger partial charge in [-0.25, -0.2) is 0 Å². The molecule has 1 amide bonds. The van der Waals surface area contributed by atoms with E-state index in [0.717, 1.165) is 12.3 Å². The number of nitrogens with one attached hydrogen (secondary N) is 1. The molecule has 1 N–H and O–H groups in total. The number of carbonyl (C=O) groups is 2. The predicted molar refractivity (Wildman–Crippen MR) is 104 cm³/mol. The maximum absolute atomic E-state index is 11.8. The Morgan fingerprint density at radius 1 is 1.12 bits per heavy atom. The second kappa shape index (κ2) is 10.5. The Morgan fingerprint density at radius 3 is 2.04 bits per heavy atom. The molecular weight excluding hydrogens is 399 g/mol. The average Bonchev–Trinajstić information content (AvgIpc) is 3.06. The molecule has 0 spiro atoms. The largest absolute Gasteiger partial charge is 0.508 e. The van der Waals surface area contributed by atoms with Gasteiger partial charge in [-0.05, 0) is 36.0 Å². The molecular formula is C22H37NO2Y-2. The Morgan fingerprint density at radius 2 is 1.69 bits per heavy atom. The van der Waals surface area contributed by atoms with Gasteiger partial charge < -0.3 is 17.0 Å². The van der Waals surface area contributed by atoms with Gasteiger partial charge in [0.15, 0.2) is 5.91 Å². The first-order valence-corrected chi connectivity index (χ1v) is 9.45. The van der Waals surface area contributed by atoms with E-state index in [1.807, 2.05) is 20.8 Å². The minimum atomic E-state index is -0.252. The molecule has 0 aromatic rings. The minimum absolute atomic E-state index is 0. The molecule has 26 heavy (non-hydrogen) atoms. The van der Waals surface area contributed by atoms with Gasteiger partial charge in [-0.15, -0.1) is 5.92 Å². The molecule has 0 saturated heterocycles. The van der Waals surface area contributed by atoms with Crippen molar-refractivity contribution >= 4 is 11.7 Å². The van der Waals surface area contributed by atoms with Crippen LogP contribution in [0.2, 0.25) is 0 Å². The molecule has 1 saturated carbocycles. The van der Waals surface area contributed by atoms with E-state index in [-0.39, 0.29) is 61.1 Å². The third-order valence-electron chi connectivity index (χ3n) is 5.03. The van der Waals surface area contributed by atoms with Crippen LogP contribution in [0.1, 0.15) is 67.2 Å². The first-order valence-electron chi connectivity index (χ1n) is 9.45. The normalized spacial score (nSPS) is 25.0. The Bertz CT molecular complexity index is 499. The number of carbonyl (C=O) groups excluding carboxylic acids is 2. The summed E-state index contributed by atoms with van der Waals surface area (Å²) in [5.74, 6) is 2.30. The molecule has 147 valence electrons. The summed E-state index contributed by atoms with van der Waals surface area (Å²) in [6.45, 7) is 16.2. The van der Waals surface area contributed by atoms with Crippen molar-refractivity contribution in [3.05, 3.63) is 26.1 Å². The van der Waals surface area contributed by atoms with Crippen molar-refractivity contribution in [3.63, 3.8) is 0 Å². The van der Waals surface area contributed by atoms with E-state index in [0.29, 0.717) is 18.3 Å². The second-order valence-electron chi connectivity index (χ2n) is 9.92. The van der Waals surface area contributed by atoms with Crippen LogP contribution < -0.4 is 5.32 Å². The second-order valence-corrected chi connectivity index (χ2v) is 9.92. The Hall–Kier alpha value is -0.0161. The molecule has 4 atom stereocenters. The number of hydrogen-bond donors (Lipinski definition) is 1. The number of allylic oxidation sites excluding steroid dienone is 2. The molecule has 4 unspecified atom stereocenters. The van der Waals surface area contributed by atoms with Crippen LogP contribution >= 0.6 is 0 Å². The van der Waals surface area contributed by atoms with Crippen LogP contribution in [0, 0.1) is 48.5 Å². The summed E-state index contributed by atoms with van der Waals surface area (Å²) < 4.78 is 0. The van der Waals surface area contributed by atoms with E-state index in [1.54, 1.807) is 0 Å². The van der Waals surface area contributed by atoms with Crippen molar-refractivity contribution in [3.8, 4) is 0 Å². The molecule has 0 aromatic heterocycles. The molecule has 2 bridgehead atoms. The maximum atomic E-state index is 11.8. The van der Waals surface area contributed by atoms with Gasteiger partial charge in [-0.1, -0.05) is 60.1 Å². The van der Waals surface area contributed by atoms with Crippen LogP contribution in [-0.2, 0) is 42.3 Å². The van der Waals surface area contributed by atoms with Crippen LogP contribution in [0.5, 0.6) is 0 Å². The number of ketones is 1. The number of rotatable bonds is 4.